The van der Waals surface area contributed by atoms with E-state index < -0.39 is 0 Å². The number of amides is 2. The molecule has 2 aliphatic heterocycles. The molecule has 2 saturated heterocycles. The zero-order chi connectivity index (χ0) is 19.3. The van der Waals surface area contributed by atoms with Crippen LogP contribution in [0.1, 0.15) is 46.7 Å². The highest BCUT2D eigenvalue weighted by molar-refractivity contribution is 5.93. The quantitative estimate of drug-likeness (QED) is 0.807. The molecule has 0 spiro atoms. The molecule has 0 aliphatic carbocycles. The summed E-state index contributed by atoms with van der Waals surface area (Å²) >= 11 is 0. The van der Waals surface area contributed by atoms with Crippen molar-refractivity contribution < 1.29 is 14.0 Å². The second-order valence-corrected chi connectivity index (χ2v) is 7.22. The fourth-order valence-corrected chi connectivity index (χ4v) is 3.73. The van der Waals surface area contributed by atoms with Gasteiger partial charge >= 0.3 is 0 Å². The minimum atomic E-state index is -0.140. The van der Waals surface area contributed by atoms with Crippen LogP contribution in [0.3, 0.4) is 0 Å². The smallest absolute Gasteiger partial charge is 0.289 e. The molecule has 4 rings (SSSR count). The zero-order valence-corrected chi connectivity index (χ0v) is 15.9. The standard InChI is InChI=1S/C20H25N5O3/c26-19(16-14-22-18(15-21-16)23-7-3-1-2-4-8-23)24-9-11-25(12-10-24)20(27)17-6-5-13-28-17/h5-6,13-15H,1-4,7-12H2. The number of hydrogen-bond donors (Lipinski definition) is 0. The van der Waals surface area contributed by atoms with E-state index in [0.29, 0.717) is 37.6 Å². The average molecular weight is 383 g/mol. The van der Waals surface area contributed by atoms with Crippen LogP contribution in [0, 0.1) is 0 Å². The lowest BCUT2D eigenvalue weighted by atomic mass is 10.2. The van der Waals surface area contributed by atoms with Crippen molar-refractivity contribution in [2.24, 2.45) is 0 Å². The molecule has 0 aromatic carbocycles. The fraction of sp³-hybridized carbons (Fsp3) is 0.500. The number of hydrogen-bond acceptors (Lipinski definition) is 6. The molecule has 0 radical (unpaired) electrons. The lowest BCUT2D eigenvalue weighted by Gasteiger charge is -2.34. The van der Waals surface area contributed by atoms with Crippen molar-refractivity contribution >= 4 is 17.6 Å². The maximum atomic E-state index is 12.7. The van der Waals surface area contributed by atoms with E-state index in [4.69, 9.17) is 4.42 Å². The highest BCUT2D eigenvalue weighted by Gasteiger charge is 2.27. The Bertz CT molecular complexity index is 790. The van der Waals surface area contributed by atoms with Crippen LogP contribution in [0.4, 0.5) is 5.82 Å². The maximum absolute atomic E-state index is 12.7. The van der Waals surface area contributed by atoms with E-state index in [2.05, 4.69) is 14.9 Å². The zero-order valence-electron chi connectivity index (χ0n) is 15.9. The molecule has 2 aromatic rings. The van der Waals surface area contributed by atoms with Gasteiger partial charge in [-0.25, -0.2) is 9.97 Å². The molecule has 0 N–H and O–H groups in total. The molecule has 8 nitrogen and oxygen atoms in total. The summed E-state index contributed by atoms with van der Waals surface area (Å²) in [7, 11) is 0. The number of carbonyl (C=O) groups excluding carboxylic acids is 2. The van der Waals surface area contributed by atoms with Gasteiger partial charge in [-0.1, -0.05) is 12.8 Å². The number of piperazine rings is 1. The minimum Gasteiger partial charge on any atom is -0.459 e. The second kappa shape index (κ2) is 8.41. The average Bonchev–Trinajstić information content (AvgIpc) is 3.15. The van der Waals surface area contributed by atoms with Crippen molar-refractivity contribution in [1.29, 1.82) is 0 Å². The third kappa shape index (κ3) is 4.00. The van der Waals surface area contributed by atoms with Crippen LogP contribution >= 0.6 is 0 Å². The Kier molecular flexibility index (Phi) is 5.55. The number of nitrogens with zero attached hydrogens (tertiary/aromatic N) is 5. The van der Waals surface area contributed by atoms with Gasteiger partial charge in [0.25, 0.3) is 11.8 Å². The summed E-state index contributed by atoms with van der Waals surface area (Å²) in [5.74, 6) is 0.890. The molecule has 4 heterocycles. The Balaban J connectivity index is 1.34. The van der Waals surface area contributed by atoms with Crippen LogP contribution in [-0.4, -0.2) is 70.9 Å². The van der Waals surface area contributed by atoms with Gasteiger partial charge in [0, 0.05) is 39.3 Å². The first-order chi connectivity index (χ1) is 13.7. The van der Waals surface area contributed by atoms with Gasteiger partial charge in [0.05, 0.1) is 18.7 Å². The van der Waals surface area contributed by atoms with E-state index in [9.17, 15) is 9.59 Å². The Morgan fingerprint density at radius 1 is 0.821 bits per heavy atom. The fourth-order valence-electron chi connectivity index (χ4n) is 3.73. The van der Waals surface area contributed by atoms with Gasteiger partial charge < -0.3 is 19.1 Å². The van der Waals surface area contributed by atoms with Crippen molar-refractivity contribution in [2.75, 3.05) is 44.2 Å². The number of furan rings is 1. The summed E-state index contributed by atoms with van der Waals surface area (Å²) in [6, 6.07) is 3.35. The van der Waals surface area contributed by atoms with Gasteiger partial charge in [0.2, 0.25) is 0 Å². The van der Waals surface area contributed by atoms with Crippen molar-refractivity contribution in [1.82, 2.24) is 19.8 Å². The number of rotatable bonds is 3. The topological polar surface area (TPSA) is 82.8 Å². The molecule has 0 unspecified atom stereocenters. The lowest BCUT2D eigenvalue weighted by molar-refractivity contribution is 0.0515. The molecule has 148 valence electrons. The molecule has 2 amide bonds. The van der Waals surface area contributed by atoms with Crippen LogP contribution in [0.25, 0.3) is 0 Å². The lowest BCUT2D eigenvalue weighted by Crippen LogP contribution is -2.50. The molecule has 2 aliphatic rings. The summed E-state index contributed by atoms with van der Waals surface area (Å²) in [5, 5.41) is 0. The number of anilines is 1. The SMILES string of the molecule is O=C(c1cnc(N2CCCCCC2)cn1)N1CCN(C(=O)c2ccco2)CC1. The molecule has 0 saturated carbocycles. The number of carbonyl (C=O) groups is 2. The largest absolute Gasteiger partial charge is 0.459 e. The summed E-state index contributed by atoms with van der Waals surface area (Å²) in [5.41, 5.74) is 0.351. The van der Waals surface area contributed by atoms with E-state index >= 15 is 0 Å². The van der Waals surface area contributed by atoms with Crippen LogP contribution in [-0.2, 0) is 0 Å². The van der Waals surface area contributed by atoms with E-state index in [0.717, 1.165) is 18.9 Å². The Morgan fingerprint density at radius 2 is 1.50 bits per heavy atom. The van der Waals surface area contributed by atoms with Crippen molar-refractivity contribution in [3.8, 4) is 0 Å². The monoisotopic (exact) mass is 383 g/mol. The molecule has 2 aromatic heterocycles. The molecule has 2 fully saturated rings. The van der Waals surface area contributed by atoms with Gasteiger partial charge in [-0.05, 0) is 25.0 Å². The number of aromatic nitrogens is 2. The van der Waals surface area contributed by atoms with Gasteiger partial charge in [-0.2, -0.15) is 0 Å². The summed E-state index contributed by atoms with van der Waals surface area (Å²) in [6.07, 6.45) is 9.62. The second-order valence-electron chi connectivity index (χ2n) is 7.22. The Morgan fingerprint density at radius 3 is 2.07 bits per heavy atom. The molecule has 0 atom stereocenters. The molecule has 0 bridgehead atoms. The molecular weight excluding hydrogens is 358 g/mol. The van der Waals surface area contributed by atoms with Crippen LogP contribution in [0.2, 0.25) is 0 Å². The van der Waals surface area contributed by atoms with Crippen molar-refractivity contribution in [3.05, 3.63) is 42.2 Å². The van der Waals surface area contributed by atoms with Crippen molar-refractivity contribution in [2.45, 2.75) is 25.7 Å². The Hall–Kier alpha value is -2.90. The van der Waals surface area contributed by atoms with Gasteiger partial charge in [0.1, 0.15) is 11.5 Å². The summed E-state index contributed by atoms with van der Waals surface area (Å²) in [6.45, 7) is 3.89. The maximum Gasteiger partial charge on any atom is 0.289 e. The van der Waals surface area contributed by atoms with Gasteiger partial charge in [-0.15, -0.1) is 0 Å². The van der Waals surface area contributed by atoms with Crippen molar-refractivity contribution in [3.63, 3.8) is 0 Å². The predicted molar refractivity (Wildman–Crippen MR) is 103 cm³/mol. The normalized spacial score (nSPS) is 18.1. The van der Waals surface area contributed by atoms with Crippen LogP contribution < -0.4 is 4.90 Å². The molecule has 28 heavy (non-hydrogen) atoms. The van der Waals surface area contributed by atoms with E-state index in [1.807, 2.05) is 0 Å². The van der Waals surface area contributed by atoms with Gasteiger partial charge in [0.15, 0.2) is 5.76 Å². The first kappa shape index (κ1) is 18.5. The van der Waals surface area contributed by atoms with E-state index in [-0.39, 0.29) is 11.8 Å². The first-order valence-corrected chi connectivity index (χ1v) is 9.91. The third-order valence-electron chi connectivity index (χ3n) is 5.37. The van der Waals surface area contributed by atoms with Crippen LogP contribution in [0.15, 0.2) is 35.2 Å². The molecule has 8 heteroatoms. The Labute approximate surface area is 164 Å². The third-order valence-corrected chi connectivity index (χ3v) is 5.37. The minimum absolute atomic E-state index is 0.139. The highest BCUT2D eigenvalue weighted by Crippen LogP contribution is 2.17. The first-order valence-electron chi connectivity index (χ1n) is 9.91. The summed E-state index contributed by atoms with van der Waals surface area (Å²) in [4.78, 5) is 39.6. The van der Waals surface area contributed by atoms with E-state index in [1.165, 1.54) is 31.9 Å². The predicted octanol–water partition coefficient (Wildman–Crippen LogP) is 2.05. The van der Waals surface area contributed by atoms with Crippen LogP contribution in [0.5, 0.6) is 0 Å². The van der Waals surface area contributed by atoms with Gasteiger partial charge in [-0.3, -0.25) is 9.59 Å². The molecular formula is C20H25N5O3. The van der Waals surface area contributed by atoms with E-state index in [1.54, 1.807) is 34.3 Å². The summed E-state index contributed by atoms with van der Waals surface area (Å²) < 4.78 is 5.17. The highest BCUT2D eigenvalue weighted by atomic mass is 16.3.